The van der Waals surface area contributed by atoms with Crippen LogP contribution in [-0.2, 0) is 6.42 Å². The third-order valence-electron chi connectivity index (χ3n) is 3.17. The van der Waals surface area contributed by atoms with Gasteiger partial charge in [0.2, 0.25) is 0 Å². The predicted molar refractivity (Wildman–Crippen MR) is 67.7 cm³/mol. The lowest BCUT2D eigenvalue weighted by Gasteiger charge is -2.19. The third-order valence-corrected chi connectivity index (χ3v) is 3.17. The summed E-state index contributed by atoms with van der Waals surface area (Å²) in [7, 11) is 0. The molecule has 1 fully saturated rings. The molecule has 3 heteroatoms. The summed E-state index contributed by atoms with van der Waals surface area (Å²) in [6.45, 7) is 3.13. The highest BCUT2D eigenvalue weighted by atomic mass is 15.2. The number of unbranched alkanes of at least 4 members (excludes halogenated alkanes) is 1. The molecule has 0 spiro atoms. The number of aryl methyl sites for hydroxylation is 1. The van der Waals surface area contributed by atoms with Crippen LogP contribution in [0.2, 0.25) is 0 Å². The molecular formula is C13H21N3. The number of pyridine rings is 1. The number of nitrogens with zero attached hydrogens (tertiary/aromatic N) is 2. The molecular weight excluding hydrogens is 198 g/mol. The van der Waals surface area contributed by atoms with Crippen molar-refractivity contribution in [2.75, 3.05) is 24.5 Å². The van der Waals surface area contributed by atoms with E-state index in [0.29, 0.717) is 0 Å². The van der Waals surface area contributed by atoms with E-state index in [1.807, 2.05) is 12.3 Å². The van der Waals surface area contributed by atoms with Crippen molar-refractivity contribution in [3.63, 3.8) is 0 Å². The molecule has 0 unspecified atom stereocenters. The van der Waals surface area contributed by atoms with E-state index in [-0.39, 0.29) is 0 Å². The van der Waals surface area contributed by atoms with Crippen LogP contribution in [0.4, 0.5) is 5.82 Å². The molecule has 0 radical (unpaired) electrons. The van der Waals surface area contributed by atoms with Crippen molar-refractivity contribution in [1.29, 1.82) is 0 Å². The van der Waals surface area contributed by atoms with Gasteiger partial charge in [0.05, 0.1) is 0 Å². The molecule has 1 aliphatic heterocycles. The maximum Gasteiger partial charge on any atom is 0.131 e. The number of rotatable bonds is 5. The summed E-state index contributed by atoms with van der Waals surface area (Å²) in [6, 6.07) is 4.24. The monoisotopic (exact) mass is 219 g/mol. The first kappa shape index (κ1) is 11.4. The average molecular weight is 219 g/mol. The van der Waals surface area contributed by atoms with Crippen LogP contribution in [0.25, 0.3) is 0 Å². The summed E-state index contributed by atoms with van der Waals surface area (Å²) in [5.41, 5.74) is 6.91. The molecule has 16 heavy (non-hydrogen) atoms. The van der Waals surface area contributed by atoms with Crippen molar-refractivity contribution >= 4 is 5.82 Å². The maximum atomic E-state index is 5.53. The van der Waals surface area contributed by atoms with Gasteiger partial charge in [-0.15, -0.1) is 0 Å². The fraction of sp³-hybridized carbons (Fsp3) is 0.615. The maximum absolute atomic E-state index is 5.53. The second kappa shape index (κ2) is 5.85. The predicted octanol–water partition coefficient (Wildman–Crippen LogP) is 1.96. The van der Waals surface area contributed by atoms with Crippen LogP contribution in [0, 0.1) is 0 Å². The zero-order valence-electron chi connectivity index (χ0n) is 9.86. The number of hydrogen-bond donors (Lipinski definition) is 1. The molecule has 2 N–H and O–H groups in total. The number of anilines is 1. The molecule has 2 heterocycles. The van der Waals surface area contributed by atoms with E-state index >= 15 is 0 Å². The molecule has 1 aliphatic rings. The Hall–Kier alpha value is -1.09. The van der Waals surface area contributed by atoms with Crippen LogP contribution < -0.4 is 10.6 Å². The van der Waals surface area contributed by atoms with Gasteiger partial charge in [-0.25, -0.2) is 4.98 Å². The van der Waals surface area contributed by atoms with Gasteiger partial charge in [0.1, 0.15) is 5.82 Å². The zero-order valence-corrected chi connectivity index (χ0v) is 9.86. The summed E-state index contributed by atoms with van der Waals surface area (Å²) < 4.78 is 0. The van der Waals surface area contributed by atoms with E-state index in [0.717, 1.165) is 19.4 Å². The van der Waals surface area contributed by atoms with Gasteiger partial charge in [-0.1, -0.05) is 6.07 Å². The molecule has 0 saturated carbocycles. The summed E-state index contributed by atoms with van der Waals surface area (Å²) in [5, 5.41) is 0. The van der Waals surface area contributed by atoms with E-state index < -0.39 is 0 Å². The molecule has 0 amide bonds. The Bertz CT molecular complexity index is 319. The second-order valence-electron chi connectivity index (χ2n) is 4.43. The van der Waals surface area contributed by atoms with Gasteiger partial charge in [0, 0.05) is 19.3 Å². The summed E-state index contributed by atoms with van der Waals surface area (Å²) in [5.74, 6) is 1.21. The van der Waals surface area contributed by atoms with Crippen LogP contribution in [-0.4, -0.2) is 24.6 Å². The van der Waals surface area contributed by atoms with Crippen LogP contribution in [0.3, 0.4) is 0 Å². The lowest BCUT2D eigenvalue weighted by molar-refractivity contribution is 0.739. The Balaban J connectivity index is 2.04. The molecule has 0 aliphatic carbocycles. The van der Waals surface area contributed by atoms with Crippen molar-refractivity contribution in [2.45, 2.75) is 32.1 Å². The fourth-order valence-corrected chi connectivity index (χ4v) is 2.30. The summed E-state index contributed by atoms with van der Waals surface area (Å²) >= 11 is 0. The van der Waals surface area contributed by atoms with Crippen LogP contribution >= 0.6 is 0 Å². The average Bonchev–Trinajstić information content (AvgIpc) is 2.83. The minimum absolute atomic E-state index is 0.791. The molecule has 0 aromatic carbocycles. The van der Waals surface area contributed by atoms with Crippen molar-refractivity contribution in [3.8, 4) is 0 Å². The molecule has 0 atom stereocenters. The van der Waals surface area contributed by atoms with Crippen molar-refractivity contribution in [1.82, 2.24) is 4.98 Å². The molecule has 3 nitrogen and oxygen atoms in total. The zero-order chi connectivity index (χ0) is 11.2. The molecule has 1 saturated heterocycles. The van der Waals surface area contributed by atoms with Gasteiger partial charge in [0.15, 0.2) is 0 Å². The highest BCUT2D eigenvalue weighted by Gasteiger charge is 2.16. The van der Waals surface area contributed by atoms with Crippen molar-refractivity contribution in [3.05, 3.63) is 23.9 Å². The van der Waals surface area contributed by atoms with Crippen LogP contribution in [0.15, 0.2) is 18.3 Å². The van der Waals surface area contributed by atoms with Gasteiger partial charge in [0.25, 0.3) is 0 Å². The van der Waals surface area contributed by atoms with Gasteiger partial charge in [-0.3, -0.25) is 0 Å². The molecule has 1 aromatic rings. The smallest absolute Gasteiger partial charge is 0.131 e. The molecule has 88 valence electrons. The van der Waals surface area contributed by atoms with E-state index in [4.69, 9.17) is 5.73 Å². The Morgan fingerprint density at radius 2 is 2.06 bits per heavy atom. The van der Waals surface area contributed by atoms with Crippen molar-refractivity contribution < 1.29 is 0 Å². The quantitative estimate of drug-likeness (QED) is 0.770. The Morgan fingerprint density at radius 1 is 1.25 bits per heavy atom. The highest BCUT2D eigenvalue weighted by molar-refractivity contribution is 5.47. The Kier molecular flexibility index (Phi) is 4.17. The van der Waals surface area contributed by atoms with Gasteiger partial charge < -0.3 is 10.6 Å². The van der Waals surface area contributed by atoms with E-state index in [1.54, 1.807) is 0 Å². The van der Waals surface area contributed by atoms with Crippen LogP contribution in [0.1, 0.15) is 31.2 Å². The second-order valence-corrected chi connectivity index (χ2v) is 4.43. The number of nitrogens with two attached hydrogens (primary N) is 1. The first-order valence-corrected chi connectivity index (χ1v) is 6.31. The Labute approximate surface area is 97.7 Å². The van der Waals surface area contributed by atoms with Gasteiger partial charge in [-0.2, -0.15) is 0 Å². The SMILES string of the molecule is NCCCCc1cccnc1N1CCCC1. The van der Waals surface area contributed by atoms with E-state index in [2.05, 4.69) is 16.0 Å². The number of hydrogen-bond acceptors (Lipinski definition) is 3. The highest BCUT2D eigenvalue weighted by Crippen LogP contribution is 2.23. The number of aromatic nitrogens is 1. The van der Waals surface area contributed by atoms with Gasteiger partial charge in [-0.05, 0) is 50.3 Å². The lowest BCUT2D eigenvalue weighted by atomic mass is 10.1. The molecule has 1 aromatic heterocycles. The summed E-state index contributed by atoms with van der Waals surface area (Å²) in [4.78, 5) is 6.95. The first-order chi connectivity index (χ1) is 7.92. The largest absolute Gasteiger partial charge is 0.356 e. The topological polar surface area (TPSA) is 42.1 Å². The minimum atomic E-state index is 0.791. The first-order valence-electron chi connectivity index (χ1n) is 6.31. The lowest BCUT2D eigenvalue weighted by Crippen LogP contribution is -2.20. The normalized spacial score (nSPS) is 15.7. The fourth-order valence-electron chi connectivity index (χ4n) is 2.30. The van der Waals surface area contributed by atoms with Crippen LogP contribution in [0.5, 0.6) is 0 Å². The molecule has 0 bridgehead atoms. The standard InChI is InChI=1S/C13H21N3/c14-8-2-1-6-12-7-5-9-15-13(12)16-10-3-4-11-16/h5,7,9H,1-4,6,8,10-11,14H2. The van der Waals surface area contributed by atoms with E-state index in [9.17, 15) is 0 Å². The summed E-state index contributed by atoms with van der Waals surface area (Å²) in [6.07, 6.45) is 7.89. The van der Waals surface area contributed by atoms with Crippen molar-refractivity contribution in [2.24, 2.45) is 5.73 Å². The van der Waals surface area contributed by atoms with Gasteiger partial charge >= 0.3 is 0 Å². The Morgan fingerprint density at radius 3 is 2.81 bits per heavy atom. The van der Waals surface area contributed by atoms with E-state index in [1.165, 1.54) is 43.7 Å². The minimum Gasteiger partial charge on any atom is -0.356 e. The third kappa shape index (κ3) is 2.73. The molecule has 2 rings (SSSR count).